The molecule has 0 radical (unpaired) electrons. The molecule has 4 rings (SSSR count). The zero-order valence-corrected chi connectivity index (χ0v) is 18.2. The number of ether oxygens (including phenoxy) is 1. The van der Waals surface area contributed by atoms with Gasteiger partial charge < -0.3 is 19.7 Å². The number of rotatable bonds is 6. The van der Waals surface area contributed by atoms with Crippen molar-refractivity contribution in [3.05, 3.63) is 30.0 Å². The third-order valence-corrected chi connectivity index (χ3v) is 6.54. The number of likely N-dealkylation sites (tertiary alicyclic amines) is 1. The lowest BCUT2D eigenvalue weighted by molar-refractivity contribution is -0.145. The molecule has 1 aromatic heterocycles. The van der Waals surface area contributed by atoms with E-state index in [9.17, 15) is 14.7 Å². The number of carboxylic acid groups (broad SMARTS) is 1. The molecular weight excluding hydrogens is 396 g/mol. The first kappa shape index (κ1) is 21.6. The summed E-state index contributed by atoms with van der Waals surface area (Å²) >= 11 is 0. The summed E-state index contributed by atoms with van der Waals surface area (Å²) in [7, 11) is 1.61. The number of nitrogens with zero attached hydrogens (tertiary/aromatic N) is 3. The molecule has 3 heterocycles. The first-order valence-electron chi connectivity index (χ1n) is 11.2. The number of carbonyl (C=O) groups excluding carboxylic acids is 1. The second kappa shape index (κ2) is 9.70. The maximum atomic E-state index is 12.7. The number of aliphatic carboxylic acids is 1. The Bertz CT molecular complexity index is 911. The average molecular weight is 429 g/mol. The molecule has 1 atom stereocenters. The Balaban J connectivity index is 1.41. The zero-order valence-electron chi connectivity index (χ0n) is 18.2. The number of fused-ring (bicyclic) bond motifs is 1. The van der Waals surface area contributed by atoms with Gasteiger partial charge >= 0.3 is 5.97 Å². The molecule has 2 aliphatic heterocycles. The van der Waals surface area contributed by atoms with E-state index in [2.05, 4.69) is 9.88 Å². The third kappa shape index (κ3) is 4.85. The first-order valence-corrected chi connectivity index (χ1v) is 11.2. The van der Waals surface area contributed by atoms with Gasteiger partial charge in [-0.1, -0.05) is 12.8 Å². The molecule has 1 amide bonds. The topological polar surface area (TPSA) is 89.1 Å². The fourth-order valence-corrected chi connectivity index (χ4v) is 4.75. The number of benzene rings is 1. The molecule has 2 aromatic rings. The van der Waals surface area contributed by atoms with Crippen molar-refractivity contribution in [2.45, 2.75) is 31.7 Å². The quantitative estimate of drug-likeness (QED) is 0.734. The Hall–Kier alpha value is -2.58. The van der Waals surface area contributed by atoms with Crippen LogP contribution in [0, 0.1) is 0 Å². The predicted molar refractivity (Wildman–Crippen MR) is 118 cm³/mol. The fraction of sp³-hybridized carbons (Fsp3) is 0.565. The molecule has 2 aliphatic rings. The number of carboxylic acids is 1. The van der Waals surface area contributed by atoms with Crippen LogP contribution in [0.4, 0.5) is 0 Å². The minimum Gasteiger partial charge on any atom is -0.497 e. The molecule has 1 aromatic carbocycles. The van der Waals surface area contributed by atoms with Crippen LogP contribution in [-0.4, -0.2) is 89.6 Å². The SMILES string of the molecule is COc1ccc2[nH]cc(C(C(=O)O)N3CCN(CC(=O)N4CCCCCC4)CC3)c2c1. The summed E-state index contributed by atoms with van der Waals surface area (Å²) in [5.74, 6) is 0.0426. The zero-order chi connectivity index (χ0) is 21.8. The summed E-state index contributed by atoms with van der Waals surface area (Å²) in [5.41, 5.74) is 1.64. The van der Waals surface area contributed by atoms with Gasteiger partial charge in [0.1, 0.15) is 11.8 Å². The third-order valence-electron chi connectivity index (χ3n) is 6.54. The van der Waals surface area contributed by atoms with Gasteiger partial charge in [0, 0.05) is 61.9 Å². The van der Waals surface area contributed by atoms with E-state index in [4.69, 9.17) is 4.74 Å². The number of hydrogen-bond donors (Lipinski definition) is 2. The molecule has 8 nitrogen and oxygen atoms in total. The van der Waals surface area contributed by atoms with Crippen molar-refractivity contribution < 1.29 is 19.4 Å². The maximum Gasteiger partial charge on any atom is 0.325 e. The Labute approximate surface area is 182 Å². The van der Waals surface area contributed by atoms with E-state index >= 15 is 0 Å². The number of aromatic nitrogens is 1. The van der Waals surface area contributed by atoms with Crippen molar-refractivity contribution in [1.29, 1.82) is 0 Å². The van der Waals surface area contributed by atoms with Crippen LogP contribution in [0.15, 0.2) is 24.4 Å². The Morgan fingerprint density at radius 1 is 1.06 bits per heavy atom. The molecule has 168 valence electrons. The van der Waals surface area contributed by atoms with Gasteiger partial charge in [0.15, 0.2) is 0 Å². The predicted octanol–water partition coefficient (Wildman–Crippen LogP) is 2.32. The van der Waals surface area contributed by atoms with Crippen molar-refractivity contribution in [1.82, 2.24) is 19.7 Å². The summed E-state index contributed by atoms with van der Waals surface area (Å²) in [6, 6.07) is 4.92. The number of nitrogens with one attached hydrogen (secondary N) is 1. The van der Waals surface area contributed by atoms with Crippen LogP contribution in [0.25, 0.3) is 10.9 Å². The number of amides is 1. The fourth-order valence-electron chi connectivity index (χ4n) is 4.75. The van der Waals surface area contributed by atoms with Crippen molar-refractivity contribution in [2.75, 3.05) is 52.9 Å². The largest absolute Gasteiger partial charge is 0.497 e. The highest BCUT2D eigenvalue weighted by Gasteiger charge is 2.33. The summed E-state index contributed by atoms with van der Waals surface area (Å²) in [6.45, 7) is 4.76. The summed E-state index contributed by atoms with van der Waals surface area (Å²) < 4.78 is 5.32. The number of aromatic amines is 1. The lowest BCUT2D eigenvalue weighted by Crippen LogP contribution is -2.52. The van der Waals surface area contributed by atoms with Crippen LogP contribution < -0.4 is 4.74 Å². The minimum absolute atomic E-state index is 0.203. The van der Waals surface area contributed by atoms with Crippen LogP contribution in [-0.2, 0) is 9.59 Å². The van der Waals surface area contributed by atoms with Crippen molar-refractivity contribution in [3.8, 4) is 5.75 Å². The van der Waals surface area contributed by atoms with E-state index in [1.807, 2.05) is 28.0 Å². The second-order valence-corrected chi connectivity index (χ2v) is 8.50. The highest BCUT2D eigenvalue weighted by Crippen LogP contribution is 2.31. The van der Waals surface area contributed by atoms with Crippen molar-refractivity contribution in [3.63, 3.8) is 0 Å². The van der Waals surface area contributed by atoms with E-state index in [0.29, 0.717) is 38.5 Å². The maximum absolute atomic E-state index is 12.7. The van der Waals surface area contributed by atoms with Crippen molar-refractivity contribution in [2.24, 2.45) is 0 Å². The van der Waals surface area contributed by atoms with Gasteiger partial charge in [-0.25, -0.2) is 0 Å². The molecule has 0 bridgehead atoms. The summed E-state index contributed by atoms with van der Waals surface area (Å²) in [5, 5.41) is 10.9. The van der Waals surface area contributed by atoms with Gasteiger partial charge in [-0.05, 0) is 31.0 Å². The molecule has 2 N–H and O–H groups in total. The highest BCUT2D eigenvalue weighted by atomic mass is 16.5. The molecule has 31 heavy (non-hydrogen) atoms. The minimum atomic E-state index is -0.863. The molecule has 2 saturated heterocycles. The number of H-pyrrole nitrogens is 1. The van der Waals surface area contributed by atoms with Crippen LogP contribution in [0.5, 0.6) is 5.75 Å². The highest BCUT2D eigenvalue weighted by molar-refractivity contribution is 5.90. The summed E-state index contributed by atoms with van der Waals surface area (Å²) in [4.78, 5) is 34.3. The molecule has 8 heteroatoms. The molecular formula is C23H32N4O4. The van der Waals surface area contributed by atoms with Gasteiger partial charge in [0.25, 0.3) is 0 Å². The molecule has 0 aliphatic carbocycles. The molecule has 0 saturated carbocycles. The number of hydrogen-bond acceptors (Lipinski definition) is 5. The monoisotopic (exact) mass is 428 g/mol. The Morgan fingerprint density at radius 3 is 2.42 bits per heavy atom. The lowest BCUT2D eigenvalue weighted by atomic mass is 10.0. The van der Waals surface area contributed by atoms with Crippen LogP contribution in [0.3, 0.4) is 0 Å². The van der Waals surface area contributed by atoms with Crippen molar-refractivity contribution >= 4 is 22.8 Å². The van der Waals surface area contributed by atoms with Gasteiger partial charge in [0.2, 0.25) is 5.91 Å². The van der Waals surface area contributed by atoms with Gasteiger partial charge in [-0.15, -0.1) is 0 Å². The smallest absolute Gasteiger partial charge is 0.325 e. The second-order valence-electron chi connectivity index (χ2n) is 8.50. The van der Waals surface area contributed by atoms with Gasteiger partial charge in [-0.2, -0.15) is 0 Å². The van der Waals surface area contributed by atoms with Gasteiger partial charge in [0.05, 0.1) is 13.7 Å². The van der Waals surface area contributed by atoms with Crippen LogP contribution >= 0.6 is 0 Å². The standard InChI is InChI=1S/C23H32N4O4/c1-31-17-6-7-20-18(14-17)19(15-24-20)22(23(29)30)27-12-10-25(11-13-27)16-21(28)26-8-4-2-3-5-9-26/h6-7,14-15,22,24H,2-5,8-13,16H2,1H3,(H,29,30). The van der Waals surface area contributed by atoms with Crippen LogP contribution in [0.1, 0.15) is 37.3 Å². The average Bonchev–Trinajstić information content (AvgIpc) is 2.98. The lowest BCUT2D eigenvalue weighted by Gasteiger charge is -2.38. The van der Waals surface area contributed by atoms with Crippen LogP contribution in [0.2, 0.25) is 0 Å². The Kier molecular flexibility index (Phi) is 6.77. The number of carbonyl (C=O) groups is 2. The van der Waals surface area contributed by atoms with Gasteiger partial charge in [-0.3, -0.25) is 19.4 Å². The number of methoxy groups -OCH3 is 1. The Morgan fingerprint density at radius 2 is 1.77 bits per heavy atom. The van der Waals surface area contributed by atoms with E-state index < -0.39 is 12.0 Å². The molecule has 0 spiro atoms. The first-order chi connectivity index (χ1) is 15.1. The normalized spacial score (nSPS) is 19.8. The molecule has 2 fully saturated rings. The number of piperazine rings is 1. The van der Waals surface area contributed by atoms with E-state index in [1.54, 1.807) is 13.3 Å². The van der Waals surface area contributed by atoms with E-state index in [1.165, 1.54) is 12.8 Å². The van der Waals surface area contributed by atoms with E-state index in [-0.39, 0.29) is 5.91 Å². The summed E-state index contributed by atoms with van der Waals surface area (Å²) in [6.07, 6.45) is 6.39. The molecule has 1 unspecified atom stereocenters. The van der Waals surface area contributed by atoms with E-state index in [0.717, 1.165) is 42.4 Å².